The van der Waals surface area contributed by atoms with Crippen LogP contribution < -0.4 is 24.8 Å². The number of hydrogen-bond donors (Lipinski definition) is 3. The number of thiazole rings is 1. The van der Waals surface area contributed by atoms with Crippen LogP contribution in [-0.4, -0.2) is 83.8 Å². The van der Waals surface area contributed by atoms with E-state index >= 15 is 0 Å². The second-order valence-electron chi connectivity index (χ2n) is 15.3. The van der Waals surface area contributed by atoms with E-state index in [1.807, 2.05) is 42.7 Å². The molecule has 1 aromatic carbocycles. The molecule has 4 heterocycles. The molecule has 0 unspecified atom stereocenters. The van der Waals surface area contributed by atoms with E-state index in [0.717, 1.165) is 47.3 Å². The maximum Gasteiger partial charge on any atom is 0.318 e. The molecule has 2 aromatic heterocycles. The summed E-state index contributed by atoms with van der Waals surface area (Å²) in [5, 5.41) is 9.42. The summed E-state index contributed by atoms with van der Waals surface area (Å²) in [4.78, 5) is 53.0. The van der Waals surface area contributed by atoms with Crippen LogP contribution in [-0.2, 0) is 19.6 Å². The van der Waals surface area contributed by atoms with Crippen molar-refractivity contribution in [3.05, 3.63) is 47.0 Å². The zero-order chi connectivity index (χ0) is 37.7. The van der Waals surface area contributed by atoms with Crippen LogP contribution in [0.15, 0.2) is 35.7 Å². The number of sulfonamides is 1. The number of carbonyl (C=O) groups is 3. The summed E-state index contributed by atoms with van der Waals surface area (Å²) in [5.41, 5.74) is 1.69. The van der Waals surface area contributed by atoms with E-state index in [4.69, 9.17) is 19.4 Å². The van der Waals surface area contributed by atoms with Gasteiger partial charge in [0.1, 0.15) is 39.9 Å². The molecule has 0 spiro atoms. The zero-order valence-electron chi connectivity index (χ0n) is 30.9. The number of fused-ring (bicyclic) bond motifs is 3. The van der Waals surface area contributed by atoms with Crippen LogP contribution in [0.5, 0.6) is 11.5 Å². The molecule has 3 N–H and O–H groups in total. The molecule has 7 rings (SSSR count). The van der Waals surface area contributed by atoms with Gasteiger partial charge in [0, 0.05) is 41.3 Å². The molecular weight excluding hydrogens is 717 g/mol. The van der Waals surface area contributed by atoms with Crippen LogP contribution in [0.2, 0.25) is 0 Å². The number of allylic oxidation sites excluding steroid dienone is 1. The second-order valence-corrected chi connectivity index (χ2v) is 18.4. The lowest BCUT2D eigenvalue weighted by Crippen LogP contribution is -2.57. The van der Waals surface area contributed by atoms with E-state index in [1.165, 1.54) is 16.2 Å². The van der Waals surface area contributed by atoms with Gasteiger partial charge in [-0.2, -0.15) is 0 Å². The summed E-state index contributed by atoms with van der Waals surface area (Å²) in [6, 6.07) is 4.24. The fourth-order valence-corrected chi connectivity index (χ4v) is 9.45. The van der Waals surface area contributed by atoms with Crippen LogP contribution in [0, 0.1) is 12.8 Å². The first-order chi connectivity index (χ1) is 25.2. The van der Waals surface area contributed by atoms with Crippen LogP contribution >= 0.6 is 11.3 Å². The Balaban J connectivity index is 1.20. The van der Waals surface area contributed by atoms with Crippen molar-refractivity contribution in [1.29, 1.82) is 0 Å². The largest absolute Gasteiger partial charge is 0.496 e. The van der Waals surface area contributed by atoms with Crippen LogP contribution in [0.25, 0.3) is 21.6 Å². The summed E-state index contributed by atoms with van der Waals surface area (Å²) >= 11 is 1.50. The molecule has 0 bridgehead atoms. The van der Waals surface area contributed by atoms with Gasteiger partial charge in [-0.3, -0.25) is 14.3 Å². The Morgan fingerprint density at radius 1 is 1.13 bits per heavy atom. The monoisotopic (exact) mass is 764 g/mol. The molecule has 13 nitrogen and oxygen atoms in total. The minimum absolute atomic E-state index is 0.113. The quantitative estimate of drug-likeness (QED) is 0.257. The highest BCUT2D eigenvalue weighted by molar-refractivity contribution is 7.91. The molecule has 284 valence electrons. The molecule has 2 saturated carbocycles. The minimum Gasteiger partial charge on any atom is -0.496 e. The summed E-state index contributed by atoms with van der Waals surface area (Å²) in [6.45, 7) is 8.29. The van der Waals surface area contributed by atoms with E-state index < -0.39 is 50.3 Å². The van der Waals surface area contributed by atoms with Gasteiger partial charge >= 0.3 is 6.03 Å². The van der Waals surface area contributed by atoms with Crippen molar-refractivity contribution in [2.24, 2.45) is 5.92 Å². The maximum atomic E-state index is 14.2. The fraction of sp³-hybridized carbons (Fsp3) is 0.553. The Bertz CT molecular complexity index is 2080. The Kier molecular flexibility index (Phi) is 9.94. The Labute approximate surface area is 314 Å². The highest BCUT2D eigenvalue weighted by Gasteiger charge is 2.63. The number of carbonyl (C=O) groups excluding carboxylic acids is 3. The van der Waals surface area contributed by atoms with Gasteiger partial charge in [-0.05, 0) is 70.4 Å². The summed E-state index contributed by atoms with van der Waals surface area (Å²) in [5.74, 6) is -0.194. The van der Waals surface area contributed by atoms with Crippen molar-refractivity contribution in [3.8, 4) is 22.2 Å². The van der Waals surface area contributed by atoms with Gasteiger partial charge in [-0.25, -0.2) is 23.2 Å². The average Bonchev–Trinajstić information content (AvgIpc) is 3.89. The van der Waals surface area contributed by atoms with Crippen molar-refractivity contribution in [3.63, 3.8) is 0 Å². The number of ether oxygens (including phenoxy) is 2. The highest BCUT2D eigenvalue weighted by Crippen LogP contribution is 2.47. The third-order valence-corrected chi connectivity index (χ3v) is 14.2. The number of methoxy groups -OCH3 is 1. The van der Waals surface area contributed by atoms with Gasteiger partial charge in [-0.15, -0.1) is 11.3 Å². The molecule has 15 heteroatoms. The van der Waals surface area contributed by atoms with E-state index in [-0.39, 0.29) is 31.2 Å². The molecular formula is C38H48N6O7S2. The SMILES string of the molecule is COc1ccc2c(O[C@@H]3C[C@H]4C(=O)N[C@]5(C(=O)NS(=O)(=O)C6(C)CC6)C[C@H]5C=CCCCCCNC(=O)N4C3)cc(-c3nc(C(C)C)cs3)nc2c1C. The van der Waals surface area contributed by atoms with Crippen LogP contribution in [0.1, 0.15) is 89.3 Å². The molecule has 4 aliphatic rings. The topological polar surface area (TPSA) is 169 Å². The first kappa shape index (κ1) is 37.1. The van der Waals surface area contributed by atoms with Crippen LogP contribution in [0.4, 0.5) is 4.79 Å². The predicted octanol–water partition coefficient (Wildman–Crippen LogP) is 5.33. The number of pyridine rings is 1. The van der Waals surface area contributed by atoms with E-state index in [2.05, 4.69) is 29.2 Å². The number of nitrogens with one attached hydrogen (secondary N) is 3. The number of nitrogens with zero attached hydrogens (tertiary/aromatic N) is 3. The van der Waals surface area contributed by atoms with Crippen LogP contribution in [0.3, 0.4) is 0 Å². The normalized spacial score (nSPS) is 25.8. The van der Waals surface area contributed by atoms with Crippen molar-refractivity contribution in [2.45, 2.75) is 107 Å². The number of aryl methyl sites for hydroxylation is 1. The van der Waals surface area contributed by atoms with Gasteiger partial charge in [0.15, 0.2) is 0 Å². The van der Waals surface area contributed by atoms with Gasteiger partial charge in [0.2, 0.25) is 15.9 Å². The van der Waals surface area contributed by atoms with E-state index in [1.54, 1.807) is 14.0 Å². The van der Waals surface area contributed by atoms with E-state index in [0.29, 0.717) is 42.1 Å². The van der Waals surface area contributed by atoms with Crippen molar-refractivity contribution in [1.82, 2.24) is 30.2 Å². The second kappa shape index (κ2) is 14.2. The molecule has 2 aliphatic carbocycles. The van der Waals surface area contributed by atoms with Gasteiger partial charge in [0.05, 0.1) is 29.6 Å². The lowest BCUT2D eigenvalue weighted by molar-refractivity contribution is -0.131. The highest BCUT2D eigenvalue weighted by atomic mass is 32.2. The van der Waals surface area contributed by atoms with Gasteiger partial charge in [-0.1, -0.05) is 32.4 Å². The molecule has 0 radical (unpaired) electrons. The molecule has 4 amide bonds. The maximum absolute atomic E-state index is 14.2. The number of rotatable bonds is 8. The zero-order valence-corrected chi connectivity index (χ0v) is 32.5. The Morgan fingerprint density at radius 2 is 1.92 bits per heavy atom. The lowest BCUT2D eigenvalue weighted by Gasteiger charge is -2.27. The molecule has 3 aromatic rings. The third-order valence-electron chi connectivity index (χ3n) is 11.1. The van der Waals surface area contributed by atoms with E-state index in [9.17, 15) is 22.8 Å². The van der Waals surface area contributed by atoms with Gasteiger partial charge < -0.3 is 25.0 Å². The number of urea groups is 1. The lowest BCUT2D eigenvalue weighted by atomic mass is 10.1. The van der Waals surface area contributed by atoms with Crippen molar-refractivity contribution >= 4 is 50.1 Å². The minimum atomic E-state index is -3.94. The number of amides is 4. The summed E-state index contributed by atoms with van der Waals surface area (Å²) in [6.07, 6.45) is 8.00. The third kappa shape index (κ3) is 7.21. The summed E-state index contributed by atoms with van der Waals surface area (Å²) < 4.78 is 39.8. The van der Waals surface area contributed by atoms with Crippen molar-refractivity contribution in [2.75, 3.05) is 20.2 Å². The molecule has 1 saturated heterocycles. The van der Waals surface area contributed by atoms with Crippen molar-refractivity contribution < 1.29 is 32.3 Å². The first-order valence-corrected chi connectivity index (χ1v) is 20.8. The molecule has 4 atom stereocenters. The fourth-order valence-electron chi connectivity index (χ4n) is 7.20. The predicted molar refractivity (Wildman–Crippen MR) is 202 cm³/mol. The first-order valence-electron chi connectivity index (χ1n) is 18.5. The molecule has 3 fully saturated rings. The smallest absolute Gasteiger partial charge is 0.318 e. The van der Waals surface area contributed by atoms with Gasteiger partial charge in [0.25, 0.3) is 5.91 Å². The molecule has 53 heavy (non-hydrogen) atoms. The Morgan fingerprint density at radius 3 is 2.64 bits per heavy atom. The average molecular weight is 765 g/mol. The Hall–Kier alpha value is -4.24. The molecule has 2 aliphatic heterocycles. The summed E-state index contributed by atoms with van der Waals surface area (Å²) in [7, 11) is -2.33. The number of aromatic nitrogens is 2. The standard InChI is InChI=1S/C38H48N6O7S2/c1-22(2)28-21-52-34(41-28)27-18-31(26-12-13-30(50-5)23(3)32(26)40-27)51-25-17-29-33(45)42-38(35(46)43-53(48,49)37(4)14-15-37)19-24(38)11-9-7-6-8-10-16-39-36(47)44(29)20-25/h9,11-13,18,21-22,24-25,29H,6-8,10,14-17,19-20H2,1-5H3,(H,39,47)(H,42,45)(H,43,46)/t24-,25-,29+,38-/m1/s1. The number of benzene rings is 1. The number of hydrogen-bond acceptors (Lipinski definition) is 10.